The van der Waals surface area contributed by atoms with Gasteiger partial charge < -0.3 is 30.5 Å². The van der Waals surface area contributed by atoms with Crippen LogP contribution in [-0.2, 0) is 25.7 Å². The molecular formula is C21H26F7N3O6. The highest BCUT2D eigenvalue weighted by Gasteiger charge is 2.42. The van der Waals surface area contributed by atoms with E-state index in [2.05, 4.69) is 15.5 Å². The molecule has 0 bridgehead atoms. The van der Waals surface area contributed by atoms with Crippen molar-refractivity contribution in [2.24, 2.45) is 0 Å². The Labute approximate surface area is 206 Å². The van der Waals surface area contributed by atoms with Crippen LogP contribution in [0.5, 0.6) is 0 Å². The molecule has 1 unspecified atom stereocenters. The molecule has 0 saturated carbocycles. The van der Waals surface area contributed by atoms with Crippen molar-refractivity contribution < 1.29 is 60.1 Å². The third kappa shape index (κ3) is 11.7. The molecule has 0 aliphatic carbocycles. The molecule has 210 valence electrons. The summed E-state index contributed by atoms with van der Waals surface area (Å²) in [7, 11) is 2.03. The van der Waals surface area contributed by atoms with Crippen molar-refractivity contribution in [2.75, 3.05) is 33.2 Å². The molecule has 9 nitrogen and oxygen atoms in total. The van der Waals surface area contributed by atoms with E-state index in [4.69, 9.17) is 24.5 Å². The molecule has 16 heteroatoms. The van der Waals surface area contributed by atoms with Crippen LogP contribution in [0, 0.1) is 5.82 Å². The minimum Gasteiger partial charge on any atom is -0.475 e. The van der Waals surface area contributed by atoms with E-state index in [1.54, 1.807) is 12.1 Å². The molecule has 37 heavy (non-hydrogen) atoms. The first-order chi connectivity index (χ1) is 16.9. The Bertz CT molecular complexity index is 879. The highest BCUT2D eigenvalue weighted by Crippen LogP contribution is 2.29. The number of piperidine rings is 1. The molecule has 2 fully saturated rings. The van der Waals surface area contributed by atoms with Crippen molar-refractivity contribution in [3.63, 3.8) is 0 Å². The first-order valence-electron chi connectivity index (χ1n) is 10.6. The number of carbonyl (C=O) groups is 3. The fourth-order valence-electron chi connectivity index (χ4n) is 3.42. The monoisotopic (exact) mass is 549 g/mol. The Kier molecular flexibility index (Phi) is 11.7. The molecule has 2 heterocycles. The van der Waals surface area contributed by atoms with Crippen LogP contribution >= 0.6 is 0 Å². The Morgan fingerprint density at radius 3 is 1.92 bits per heavy atom. The lowest BCUT2D eigenvalue weighted by Crippen LogP contribution is -2.61. The largest absolute Gasteiger partial charge is 0.490 e. The number of benzene rings is 1. The van der Waals surface area contributed by atoms with E-state index in [9.17, 15) is 35.5 Å². The minimum atomic E-state index is -5.08. The van der Waals surface area contributed by atoms with Gasteiger partial charge in [0.15, 0.2) is 0 Å². The lowest BCUT2D eigenvalue weighted by atomic mass is 9.89. The molecule has 2 aliphatic heterocycles. The van der Waals surface area contributed by atoms with Crippen molar-refractivity contribution >= 4 is 17.8 Å². The lowest BCUT2D eigenvalue weighted by molar-refractivity contribution is -0.193. The van der Waals surface area contributed by atoms with Gasteiger partial charge in [0, 0.05) is 19.6 Å². The maximum atomic E-state index is 12.9. The Hall–Kier alpha value is -2.98. The number of nitrogens with zero attached hydrogens (tertiary/aromatic N) is 1. The smallest absolute Gasteiger partial charge is 0.475 e. The van der Waals surface area contributed by atoms with Crippen LogP contribution < -0.4 is 10.6 Å². The quantitative estimate of drug-likeness (QED) is 0.423. The predicted molar refractivity (Wildman–Crippen MR) is 113 cm³/mol. The zero-order valence-corrected chi connectivity index (χ0v) is 19.5. The first kappa shape index (κ1) is 32.0. The summed E-state index contributed by atoms with van der Waals surface area (Å²) in [6.07, 6.45) is -8.76. The molecule has 4 N–H and O–H groups in total. The standard InChI is InChI=1S/C17H24FN3O2.2C2HF3O2/c1-21-11-15(23-17(12-21)6-8-19-9-7-17)16(22)20-10-13-2-4-14(18)5-3-13;2*3-2(4,5)1(6)7/h2-5,15,19H,6-12H2,1H3,(H,20,22);2*(H,6,7). The van der Waals surface area contributed by atoms with Gasteiger partial charge in [-0.3, -0.25) is 4.79 Å². The van der Waals surface area contributed by atoms with Crippen LogP contribution in [0.4, 0.5) is 30.7 Å². The van der Waals surface area contributed by atoms with Crippen molar-refractivity contribution in [1.29, 1.82) is 0 Å². The zero-order valence-electron chi connectivity index (χ0n) is 19.5. The number of rotatable bonds is 3. The number of ether oxygens (including phenoxy) is 1. The Morgan fingerprint density at radius 1 is 1.03 bits per heavy atom. The van der Waals surface area contributed by atoms with Crippen LogP contribution in [0.3, 0.4) is 0 Å². The molecule has 1 spiro atoms. The zero-order chi connectivity index (χ0) is 28.4. The molecule has 2 saturated heterocycles. The fourth-order valence-corrected chi connectivity index (χ4v) is 3.42. The number of amides is 1. The SMILES string of the molecule is CN1CC(C(=O)NCc2ccc(F)cc2)OC2(CCNCC2)C1.O=C(O)C(F)(F)F.O=C(O)C(F)(F)F. The summed E-state index contributed by atoms with van der Waals surface area (Å²) in [5.41, 5.74) is 0.663. The third-order valence-electron chi connectivity index (χ3n) is 5.10. The van der Waals surface area contributed by atoms with Gasteiger partial charge in [-0.1, -0.05) is 12.1 Å². The van der Waals surface area contributed by atoms with Crippen LogP contribution in [0.25, 0.3) is 0 Å². The number of carbonyl (C=O) groups excluding carboxylic acids is 1. The van der Waals surface area contributed by atoms with Gasteiger partial charge >= 0.3 is 24.3 Å². The number of halogens is 7. The fraction of sp³-hybridized carbons (Fsp3) is 0.571. The van der Waals surface area contributed by atoms with E-state index in [1.807, 2.05) is 7.05 Å². The molecule has 1 atom stereocenters. The summed E-state index contributed by atoms with van der Waals surface area (Å²) in [5, 5.41) is 20.5. The van der Waals surface area contributed by atoms with Crippen molar-refractivity contribution in [1.82, 2.24) is 15.5 Å². The number of carboxylic acids is 2. The summed E-state index contributed by atoms with van der Waals surface area (Å²) in [5.74, 6) is -5.89. The molecule has 2 aliphatic rings. The first-order valence-corrected chi connectivity index (χ1v) is 10.6. The van der Waals surface area contributed by atoms with Crippen LogP contribution in [0.1, 0.15) is 18.4 Å². The number of carboxylic acid groups (broad SMARTS) is 2. The molecule has 0 aromatic heterocycles. The van der Waals surface area contributed by atoms with Crippen LogP contribution in [0.2, 0.25) is 0 Å². The lowest BCUT2D eigenvalue weighted by Gasteiger charge is -2.46. The summed E-state index contributed by atoms with van der Waals surface area (Å²) < 4.78 is 82.6. The van der Waals surface area contributed by atoms with Crippen LogP contribution in [0.15, 0.2) is 24.3 Å². The minimum absolute atomic E-state index is 0.0983. The van der Waals surface area contributed by atoms with Gasteiger partial charge in [0.25, 0.3) is 5.91 Å². The summed E-state index contributed by atoms with van der Waals surface area (Å²) in [6, 6.07) is 6.16. The topological polar surface area (TPSA) is 128 Å². The van der Waals surface area contributed by atoms with E-state index >= 15 is 0 Å². The number of hydrogen-bond donors (Lipinski definition) is 4. The molecule has 0 radical (unpaired) electrons. The van der Waals surface area contributed by atoms with Gasteiger partial charge in [-0.25, -0.2) is 14.0 Å². The highest BCUT2D eigenvalue weighted by molar-refractivity contribution is 5.81. The van der Waals surface area contributed by atoms with Gasteiger partial charge in [-0.2, -0.15) is 26.3 Å². The van der Waals surface area contributed by atoms with E-state index < -0.39 is 30.4 Å². The van der Waals surface area contributed by atoms with Crippen molar-refractivity contribution in [3.8, 4) is 0 Å². The van der Waals surface area contributed by atoms with Crippen LogP contribution in [-0.4, -0.2) is 90.2 Å². The van der Waals surface area contributed by atoms with Gasteiger partial charge in [0.2, 0.25) is 0 Å². The third-order valence-corrected chi connectivity index (χ3v) is 5.10. The van der Waals surface area contributed by atoms with E-state index in [-0.39, 0.29) is 17.3 Å². The average molecular weight is 549 g/mol. The molecule has 1 amide bonds. The maximum absolute atomic E-state index is 12.9. The van der Waals surface area contributed by atoms with Crippen molar-refractivity contribution in [2.45, 2.75) is 43.4 Å². The molecule has 1 aromatic carbocycles. The number of nitrogens with one attached hydrogen (secondary N) is 2. The summed E-state index contributed by atoms with van der Waals surface area (Å²) in [6.45, 7) is 3.72. The van der Waals surface area contributed by atoms with Gasteiger partial charge in [-0.15, -0.1) is 0 Å². The van der Waals surface area contributed by atoms with E-state index in [0.29, 0.717) is 13.1 Å². The molecular weight excluding hydrogens is 523 g/mol. The Morgan fingerprint density at radius 2 is 1.49 bits per heavy atom. The Balaban J connectivity index is 0.000000404. The van der Waals surface area contributed by atoms with E-state index in [1.165, 1.54) is 12.1 Å². The van der Waals surface area contributed by atoms with Gasteiger partial charge in [0.05, 0.1) is 5.60 Å². The summed E-state index contributed by atoms with van der Waals surface area (Å²) >= 11 is 0. The van der Waals surface area contributed by atoms with E-state index in [0.717, 1.165) is 38.0 Å². The summed E-state index contributed by atoms with van der Waals surface area (Å²) in [4.78, 5) is 32.4. The van der Waals surface area contributed by atoms with Gasteiger partial charge in [-0.05, 0) is 50.7 Å². The second-order valence-electron chi connectivity index (χ2n) is 8.19. The number of aliphatic carboxylic acids is 2. The maximum Gasteiger partial charge on any atom is 0.490 e. The number of morpholine rings is 1. The predicted octanol–water partition coefficient (Wildman–Crippen LogP) is 2.16. The normalized spacial score (nSPS) is 19.5. The average Bonchev–Trinajstić information content (AvgIpc) is 2.78. The molecule has 3 rings (SSSR count). The highest BCUT2D eigenvalue weighted by atomic mass is 19.4. The number of hydrogen-bond acceptors (Lipinski definition) is 6. The molecule has 1 aromatic rings. The second kappa shape index (κ2) is 13.5. The van der Waals surface area contributed by atoms with Crippen molar-refractivity contribution in [3.05, 3.63) is 35.6 Å². The number of likely N-dealkylation sites (N-methyl/N-ethyl adjacent to an activating group) is 1. The number of alkyl halides is 6. The van der Waals surface area contributed by atoms with Gasteiger partial charge in [0.1, 0.15) is 11.9 Å². The second-order valence-corrected chi connectivity index (χ2v) is 8.19.